The van der Waals surface area contributed by atoms with Crippen LogP contribution in [0.15, 0.2) is 211 Å². The lowest BCUT2D eigenvalue weighted by atomic mass is 9.67. The minimum absolute atomic E-state index is 0.263. The van der Waals surface area contributed by atoms with Gasteiger partial charge in [0.15, 0.2) is 0 Å². The topological polar surface area (TPSA) is 0 Å². The van der Waals surface area contributed by atoms with E-state index in [0.29, 0.717) is 0 Å². The molecule has 0 nitrogen and oxygen atoms in total. The molecule has 0 aromatic heterocycles. The summed E-state index contributed by atoms with van der Waals surface area (Å²) < 4.78 is 1.12. The van der Waals surface area contributed by atoms with E-state index in [9.17, 15) is 0 Å². The first kappa shape index (κ1) is 35.6. The highest BCUT2D eigenvalue weighted by molar-refractivity contribution is 9.10. The van der Waals surface area contributed by atoms with E-state index < -0.39 is 0 Å². The number of hydrogen-bond donors (Lipinski definition) is 0. The van der Waals surface area contributed by atoms with Gasteiger partial charge < -0.3 is 0 Å². The van der Waals surface area contributed by atoms with Crippen LogP contribution in [0, 0.1) is 20.8 Å². The van der Waals surface area contributed by atoms with Gasteiger partial charge in [-0.3, -0.25) is 0 Å². The summed E-state index contributed by atoms with van der Waals surface area (Å²) in [5.74, 6) is 0. The van der Waals surface area contributed by atoms with Crippen molar-refractivity contribution in [3.63, 3.8) is 0 Å². The van der Waals surface area contributed by atoms with Crippen molar-refractivity contribution in [2.45, 2.75) is 26.2 Å². The lowest BCUT2D eigenvalue weighted by Crippen LogP contribution is -2.28. The third-order valence-corrected chi connectivity index (χ3v) is 10.6. The molecule has 0 saturated carbocycles. The van der Waals surface area contributed by atoms with Gasteiger partial charge >= 0.3 is 0 Å². The molecule has 8 aromatic carbocycles. The van der Waals surface area contributed by atoms with Crippen molar-refractivity contribution in [1.82, 2.24) is 0 Å². The van der Waals surface area contributed by atoms with Gasteiger partial charge in [0.2, 0.25) is 0 Å². The van der Waals surface area contributed by atoms with Gasteiger partial charge in [-0.05, 0) is 94.1 Å². The minimum atomic E-state index is -0.263. The predicted molar refractivity (Wildman–Crippen MR) is 229 cm³/mol. The molecule has 0 heterocycles. The fourth-order valence-electron chi connectivity index (χ4n) is 7.52. The van der Waals surface area contributed by atoms with Crippen molar-refractivity contribution in [3.05, 3.63) is 250 Å². The normalized spacial score (nSPS) is 11.9. The Morgan fingerprint density at radius 2 is 0.830 bits per heavy atom. The van der Waals surface area contributed by atoms with Gasteiger partial charge in [-0.2, -0.15) is 0 Å². The van der Waals surface area contributed by atoms with E-state index in [1.807, 2.05) is 6.07 Å². The van der Waals surface area contributed by atoms with Crippen LogP contribution in [-0.4, -0.2) is 0 Å². The molecule has 0 radical (unpaired) electrons. The van der Waals surface area contributed by atoms with Gasteiger partial charge in [-0.1, -0.05) is 221 Å². The predicted octanol–water partition coefficient (Wildman–Crippen LogP) is 14.4. The van der Waals surface area contributed by atoms with Crippen LogP contribution in [0.5, 0.6) is 0 Å². The smallest absolute Gasteiger partial charge is 0.0622 e. The van der Waals surface area contributed by atoms with Crippen LogP contribution in [0.2, 0.25) is 0 Å². The Bertz CT molecular complexity index is 2310. The summed E-state index contributed by atoms with van der Waals surface area (Å²) >= 11 is 3.43. The second-order valence-corrected chi connectivity index (χ2v) is 14.5. The first-order valence-electron chi connectivity index (χ1n) is 18.2. The van der Waals surface area contributed by atoms with Gasteiger partial charge in [0.05, 0.1) is 5.41 Å². The zero-order valence-corrected chi connectivity index (χ0v) is 32.1. The zero-order valence-electron chi connectivity index (χ0n) is 30.5. The van der Waals surface area contributed by atoms with Crippen LogP contribution in [0.3, 0.4) is 0 Å². The first-order chi connectivity index (χ1) is 25.9. The van der Waals surface area contributed by atoms with Gasteiger partial charge in [0.1, 0.15) is 0 Å². The van der Waals surface area contributed by atoms with Crippen molar-refractivity contribution in [2.75, 3.05) is 0 Å². The maximum atomic E-state index is 3.43. The van der Waals surface area contributed by atoms with Crippen LogP contribution in [0.1, 0.15) is 38.9 Å². The van der Waals surface area contributed by atoms with Crippen molar-refractivity contribution in [1.29, 1.82) is 0 Å². The standard InChI is InChI=1S/C26H20.C13H11Br.C13H12/c1-19-11-10-18-24-25(19)22-16-8-9-17-23(22)26(24,20-12-4-2-5-13-20)21-14-6-3-7-15-21;1-10-2-4-11(5-3-10)12-6-8-13(14)9-7-12;1-11-6-5-9-13(10-11)12-7-3-2-4-8-12/h2-18H,1H3;2-9H,1H3;2-10H,1H3. The molecule has 1 heteroatoms. The Hall–Kier alpha value is -5.76. The molecule has 8 aromatic rings. The van der Waals surface area contributed by atoms with E-state index in [1.54, 1.807) is 0 Å². The Labute approximate surface area is 323 Å². The number of hydrogen-bond acceptors (Lipinski definition) is 0. The van der Waals surface area contributed by atoms with Crippen molar-refractivity contribution in [2.24, 2.45) is 0 Å². The maximum absolute atomic E-state index is 3.43. The highest BCUT2D eigenvalue weighted by Gasteiger charge is 2.46. The summed E-state index contributed by atoms with van der Waals surface area (Å²) in [5, 5.41) is 0. The number of aryl methyl sites for hydroxylation is 3. The second-order valence-electron chi connectivity index (χ2n) is 13.6. The molecule has 0 unspecified atom stereocenters. The molecular weight excluding hydrogens is 704 g/mol. The van der Waals surface area contributed by atoms with Crippen LogP contribution in [0.4, 0.5) is 0 Å². The Morgan fingerprint density at radius 3 is 1.43 bits per heavy atom. The Morgan fingerprint density at radius 1 is 0.358 bits per heavy atom. The van der Waals surface area contributed by atoms with Gasteiger partial charge in [0, 0.05) is 4.47 Å². The lowest BCUT2D eigenvalue weighted by Gasteiger charge is -2.33. The van der Waals surface area contributed by atoms with E-state index in [-0.39, 0.29) is 5.41 Å². The third-order valence-electron chi connectivity index (χ3n) is 10.0. The second kappa shape index (κ2) is 16.3. The van der Waals surface area contributed by atoms with Crippen LogP contribution in [0.25, 0.3) is 33.4 Å². The molecule has 53 heavy (non-hydrogen) atoms. The minimum Gasteiger partial charge on any atom is -0.0622 e. The molecule has 0 spiro atoms. The largest absolute Gasteiger partial charge is 0.0713 e. The summed E-state index contributed by atoms with van der Waals surface area (Å²) in [4.78, 5) is 0. The van der Waals surface area contributed by atoms with Crippen molar-refractivity contribution >= 4 is 15.9 Å². The van der Waals surface area contributed by atoms with E-state index >= 15 is 0 Å². The molecule has 0 saturated heterocycles. The average molecular weight is 748 g/mol. The monoisotopic (exact) mass is 746 g/mol. The molecular formula is C52H43Br. The van der Waals surface area contributed by atoms with E-state index in [2.05, 4.69) is 237 Å². The number of rotatable bonds is 4. The highest BCUT2D eigenvalue weighted by Crippen LogP contribution is 2.56. The summed E-state index contributed by atoms with van der Waals surface area (Å²) in [6.45, 7) is 6.44. The third kappa shape index (κ3) is 7.58. The van der Waals surface area contributed by atoms with Crippen molar-refractivity contribution < 1.29 is 0 Å². The van der Waals surface area contributed by atoms with Gasteiger partial charge in [0.25, 0.3) is 0 Å². The number of halogens is 1. The summed E-state index contributed by atoms with van der Waals surface area (Å²) in [7, 11) is 0. The molecule has 0 fully saturated rings. The molecule has 1 aliphatic rings. The molecule has 0 atom stereocenters. The molecule has 258 valence electrons. The molecule has 0 aliphatic heterocycles. The van der Waals surface area contributed by atoms with Crippen LogP contribution >= 0.6 is 15.9 Å². The summed E-state index contributed by atoms with van der Waals surface area (Å²) in [6.07, 6.45) is 0. The molecule has 0 amide bonds. The van der Waals surface area contributed by atoms with Crippen LogP contribution in [-0.2, 0) is 5.41 Å². The Kier molecular flexibility index (Phi) is 10.9. The fraction of sp³-hybridized carbons (Fsp3) is 0.0769. The first-order valence-corrected chi connectivity index (χ1v) is 19.0. The number of fused-ring (bicyclic) bond motifs is 3. The molecule has 0 N–H and O–H groups in total. The van der Waals surface area contributed by atoms with E-state index in [1.165, 1.54) is 72.3 Å². The molecule has 1 aliphatic carbocycles. The molecule has 0 bridgehead atoms. The zero-order chi connectivity index (χ0) is 36.6. The number of benzene rings is 8. The van der Waals surface area contributed by atoms with Crippen LogP contribution < -0.4 is 0 Å². The maximum Gasteiger partial charge on any atom is 0.0713 e. The SMILES string of the molecule is Cc1ccc(-c2ccc(Br)cc2)cc1.Cc1cccc(-c2ccccc2)c1.Cc1cccc2c1-c1ccccc1C2(c1ccccc1)c1ccccc1. The van der Waals surface area contributed by atoms with E-state index in [0.717, 1.165) is 4.47 Å². The van der Waals surface area contributed by atoms with Gasteiger partial charge in [-0.15, -0.1) is 0 Å². The average Bonchev–Trinajstić information content (AvgIpc) is 3.52. The van der Waals surface area contributed by atoms with Gasteiger partial charge in [-0.25, -0.2) is 0 Å². The van der Waals surface area contributed by atoms with Crippen molar-refractivity contribution in [3.8, 4) is 33.4 Å². The highest BCUT2D eigenvalue weighted by atomic mass is 79.9. The Balaban J connectivity index is 0.000000136. The fourth-order valence-corrected chi connectivity index (χ4v) is 7.78. The summed E-state index contributed by atoms with van der Waals surface area (Å²) in [5.41, 5.74) is 16.9. The van der Waals surface area contributed by atoms with E-state index in [4.69, 9.17) is 0 Å². The quantitative estimate of drug-likeness (QED) is 0.168. The summed E-state index contributed by atoms with van der Waals surface area (Å²) in [6, 6.07) is 73.4. The molecule has 9 rings (SSSR count). The lowest BCUT2D eigenvalue weighted by molar-refractivity contribution is 0.768.